The van der Waals surface area contributed by atoms with Gasteiger partial charge >= 0.3 is 0 Å². The predicted molar refractivity (Wildman–Crippen MR) is 82.4 cm³/mol. The van der Waals surface area contributed by atoms with Crippen LogP contribution in [0.1, 0.15) is 43.5 Å². The van der Waals surface area contributed by atoms with Gasteiger partial charge in [-0.15, -0.1) is 11.6 Å². The zero-order chi connectivity index (χ0) is 14.3. The number of imidazole rings is 1. The van der Waals surface area contributed by atoms with Gasteiger partial charge < -0.3 is 9.30 Å². The van der Waals surface area contributed by atoms with Crippen LogP contribution in [0.3, 0.4) is 0 Å². The molecule has 2 aromatic rings. The first kappa shape index (κ1) is 13.9. The van der Waals surface area contributed by atoms with Gasteiger partial charge in [0.1, 0.15) is 5.82 Å². The molecule has 4 heteroatoms. The lowest BCUT2D eigenvalue weighted by Gasteiger charge is -2.37. The maximum Gasteiger partial charge on any atom is 0.128 e. The van der Waals surface area contributed by atoms with E-state index >= 15 is 0 Å². The van der Waals surface area contributed by atoms with Crippen LogP contribution in [0.2, 0.25) is 0 Å². The van der Waals surface area contributed by atoms with Gasteiger partial charge in [-0.1, -0.05) is 6.07 Å². The number of aryl methyl sites for hydroxylation is 1. The number of rotatable bonds is 2. The summed E-state index contributed by atoms with van der Waals surface area (Å²) in [5.41, 5.74) is 3.35. The molecule has 1 aliphatic rings. The van der Waals surface area contributed by atoms with Crippen LogP contribution >= 0.6 is 11.6 Å². The van der Waals surface area contributed by atoms with Crippen molar-refractivity contribution in [3.05, 3.63) is 29.6 Å². The Morgan fingerprint density at radius 2 is 2.25 bits per heavy atom. The van der Waals surface area contributed by atoms with Crippen molar-refractivity contribution >= 4 is 22.6 Å². The Balaban J connectivity index is 2.23. The molecule has 1 saturated heterocycles. The largest absolute Gasteiger partial charge is 0.379 e. The highest BCUT2D eigenvalue weighted by molar-refractivity contribution is 6.20. The Kier molecular flexibility index (Phi) is 3.51. The predicted octanol–water partition coefficient (Wildman–Crippen LogP) is 4.17. The van der Waals surface area contributed by atoms with Crippen molar-refractivity contribution < 1.29 is 4.74 Å². The Morgan fingerprint density at radius 1 is 1.45 bits per heavy atom. The number of fused-ring (bicyclic) bond motifs is 1. The molecule has 3 nitrogen and oxygen atoms in total. The summed E-state index contributed by atoms with van der Waals surface area (Å²) in [6.07, 6.45) is 2.18. The Hall–Kier alpha value is -1.06. The zero-order valence-corrected chi connectivity index (χ0v) is 13.1. The van der Waals surface area contributed by atoms with E-state index in [1.165, 1.54) is 5.56 Å². The molecule has 3 rings (SSSR count). The average molecular weight is 293 g/mol. The smallest absolute Gasteiger partial charge is 0.128 e. The normalized spacial score (nSPS) is 25.0. The molecular weight excluding hydrogens is 272 g/mol. The molecule has 0 aliphatic carbocycles. The molecule has 0 bridgehead atoms. The number of halogens is 1. The van der Waals surface area contributed by atoms with Gasteiger partial charge in [0.25, 0.3) is 0 Å². The molecule has 0 spiro atoms. The number of aromatic nitrogens is 2. The van der Waals surface area contributed by atoms with E-state index in [9.17, 15) is 0 Å². The lowest BCUT2D eigenvalue weighted by atomic mass is 9.94. The summed E-state index contributed by atoms with van der Waals surface area (Å²) < 4.78 is 8.03. The number of hydrogen-bond donors (Lipinski definition) is 0. The second-order valence-corrected chi connectivity index (χ2v) is 6.72. The van der Waals surface area contributed by atoms with Gasteiger partial charge in [-0.25, -0.2) is 4.98 Å². The number of ether oxygens (including phenoxy) is 1. The second-order valence-electron chi connectivity index (χ2n) is 6.07. The van der Waals surface area contributed by atoms with E-state index in [2.05, 4.69) is 36.6 Å². The van der Waals surface area contributed by atoms with E-state index < -0.39 is 0 Å². The first-order valence-electron chi connectivity index (χ1n) is 7.22. The average Bonchev–Trinajstić information content (AvgIpc) is 2.79. The van der Waals surface area contributed by atoms with Crippen molar-refractivity contribution in [2.45, 2.75) is 44.5 Å². The van der Waals surface area contributed by atoms with Crippen LogP contribution in [0.4, 0.5) is 0 Å². The van der Waals surface area contributed by atoms with Crippen LogP contribution in [0.15, 0.2) is 18.2 Å². The SMILES string of the molecule is Cc1ccc2c(c1)nc(C(C)Cl)n2C1(C)CCCOC1. The summed E-state index contributed by atoms with van der Waals surface area (Å²) in [5.74, 6) is 0.945. The van der Waals surface area contributed by atoms with Crippen LogP contribution in [0.5, 0.6) is 0 Å². The molecule has 108 valence electrons. The van der Waals surface area contributed by atoms with Gasteiger partial charge in [-0.2, -0.15) is 0 Å². The minimum absolute atomic E-state index is 0.0548. The summed E-state index contributed by atoms with van der Waals surface area (Å²) in [4.78, 5) is 4.77. The molecule has 1 fully saturated rings. The summed E-state index contributed by atoms with van der Waals surface area (Å²) in [5, 5.41) is -0.110. The van der Waals surface area contributed by atoms with Crippen molar-refractivity contribution in [2.24, 2.45) is 0 Å². The first-order valence-corrected chi connectivity index (χ1v) is 7.66. The van der Waals surface area contributed by atoms with Crippen molar-refractivity contribution in [2.75, 3.05) is 13.2 Å². The second kappa shape index (κ2) is 5.05. The van der Waals surface area contributed by atoms with Crippen LogP contribution in [0, 0.1) is 6.92 Å². The summed E-state index contributed by atoms with van der Waals surface area (Å²) in [6.45, 7) is 7.90. The van der Waals surface area contributed by atoms with Gasteiger partial charge in [0.05, 0.1) is 28.6 Å². The Bertz CT molecular complexity index is 627. The molecule has 1 aromatic carbocycles. The topological polar surface area (TPSA) is 27.1 Å². The molecule has 20 heavy (non-hydrogen) atoms. The quantitative estimate of drug-likeness (QED) is 0.777. The number of alkyl halides is 1. The molecular formula is C16H21ClN2O. The van der Waals surface area contributed by atoms with Crippen LogP contribution in [0.25, 0.3) is 11.0 Å². The minimum atomic E-state index is -0.110. The van der Waals surface area contributed by atoms with E-state index in [-0.39, 0.29) is 10.9 Å². The maximum atomic E-state index is 6.38. The van der Waals surface area contributed by atoms with E-state index in [4.69, 9.17) is 21.3 Å². The number of benzene rings is 1. The van der Waals surface area contributed by atoms with Crippen molar-refractivity contribution in [3.8, 4) is 0 Å². The van der Waals surface area contributed by atoms with Crippen LogP contribution in [-0.4, -0.2) is 22.8 Å². The fourth-order valence-corrected chi connectivity index (χ4v) is 3.29. The van der Waals surface area contributed by atoms with Crippen molar-refractivity contribution in [1.29, 1.82) is 0 Å². The maximum absolute atomic E-state index is 6.38. The molecule has 1 aliphatic heterocycles. The third-order valence-corrected chi connectivity index (χ3v) is 4.34. The number of hydrogen-bond acceptors (Lipinski definition) is 2. The highest BCUT2D eigenvalue weighted by Crippen LogP contribution is 2.35. The minimum Gasteiger partial charge on any atom is -0.379 e. The van der Waals surface area contributed by atoms with E-state index in [0.29, 0.717) is 0 Å². The van der Waals surface area contributed by atoms with E-state index in [1.807, 2.05) is 6.92 Å². The zero-order valence-electron chi connectivity index (χ0n) is 12.3. The van der Waals surface area contributed by atoms with Gasteiger partial charge in [0.15, 0.2) is 0 Å². The lowest BCUT2D eigenvalue weighted by Crippen LogP contribution is -2.40. The Labute approximate surface area is 124 Å². The van der Waals surface area contributed by atoms with Crippen LogP contribution < -0.4 is 0 Å². The summed E-state index contributed by atoms with van der Waals surface area (Å²) in [6, 6.07) is 6.41. The van der Waals surface area contributed by atoms with E-state index in [0.717, 1.165) is 42.9 Å². The fourth-order valence-electron chi connectivity index (χ4n) is 3.14. The van der Waals surface area contributed by atoms with Gasteiger partial charge in [0.2, 0.25) is 0 Å². The molecule has 1 aromatic heterocycles. The van der Waals surface area contributed by atoms with Gasteiger partial charge in [0, 0.05) is 6.61 Å². The third-order valence-electron chi connectivity index (χ3n) is 4.15. The summed E-state index contributed by atoms with van der Waals surface area (Å²) >= 11 is 6.38. The number of nitrogens with zero attached hydrogens (tertiary/aromatic N) is 2. The molecule has 0 saturated carbocycles. The fraction of sp³-hybridized carbons (Fsp3) is 0.562. The third kappa shape index (κ3) is 2.23. The standard InChI is InChI=1S/C16H21ClN2O/c1-11-5-6-14-13(9-11)18-15(12(2)17)19(14)16(3)7-4-8-20-10-16/h5-6,9,12H,4,7-8,10H2,1-3H3. The Morgan fingerprint density at radius 3 is 2.90 bits per heavy atom. The van der Waals surface area contributed by atoms with Crippen LogP contribution in [-0.2, 0) is 10.3 Å². The first-order chi connectivity index (χ1) is 9.51. The molecule has 2 heterocycles. The molecule has 2 atom stereocenters. The molecule has 0 radical (unpaired) electrons. The van der Waals surface area contributed by atoms with Crippen molar-refractivity contribution in [3.63, 3.8) is 0 Å². The van der Waals surface area contributed by atoms with E-state index in [1.54, 1.807) is 0 Å². The summed E-state index contributed by atoms with van der Waals surface area (Å²) in [7, 11) is 0. The molecule has 0 N–H and O–H groups in total. The van der Waals surface area contributed by atoms with Crippen molar-refractivity contribution in [1.82, 2.24) is 9.55 Å². The lowest BCUT2D eigenvalue weighted by molar-refractivity contribution is 0.0101. The monoisotopic (exact) mass is 292 g/mol. The van der Waals surface area contributed by atoms with Gasteiger partial charge in [-0.05, 0) is 51.3 Å². The highest BCUT2D eigenvalue weighted by atomic mass is 35.5. The molecule has 2 unspecified atom stereocenters. The molecule has 0 amide bonds. The van der Waals surface area contributed by atoms with Gasteiger partial charge in [-0.3, -0.25) is 0 Å². The highest BCUT2D eigenvalue weighted by Gasteiger charge is 2.34.